The van der Waals surface area contributed by atoms with Gasteiger partial charge in [-0.1, -0.05) is 11.6 Å². The SMILES string of the molecule is CNCc1[nH]c(C)nc1-c1ccc(F)c(Cl)c1. The largest absolute Gasteiger partial charge is 0.345 e. The number of imidazole rings is 1. The van der Waals surface area contributed by atoms with E-state index in [1.807, 2.05) is 14.0 Å². The number of H-pyrrole nitrogens is 1. The molecule has 2 rings (SSSR count). The van der Waals surface area contributed by atoms with E-state index in [-0.39, 0.29) is 5.02 Å². The van der Waals surface area contributed by atoms with E-state index >= 15 is 0 Å². The van der Waals surface area contributed by atoms with Gasteiger partial charge in [0.2, 0.25) is 0 Å². The average molecular weight is 254 g/mol. The lowest BCUT2D eigenvalue weighted by molar-refractivity contribution is 0.628. The Bertz CT molecular complexity index is 537. The van der Waals surface area contributed by atoms with Crippen molar-refractivity contribution in [3.63, 3.8) is 0 Å². The smallest absolute Gasteiger partial charge is 0.141 e. The van der Waals surface area contributed by atoms with E-state index in [0.29, 0.717) is 6.54 Å². The highest BCUT2D eigenvalue weighted by Crippen LogP contribution is 2.26. The van der Waals surface area contributed by atoms with Crippen molar-refractivity contribution in [3.8, 4) is 11.3 Å². The van der Waals surface area contributed by atoms with Crippen molar-refractivity contribution >= 4 is 11.6 Å². The number of aromatic amines is 1. The van der Waals surface area contributed by atoms with Crippen LogP contribution < -0.4 is 5.32 Å². The summed E-state index contributed by atoms with van der Waals surface area (Å²) < 4.78 is 13.1. The summed E-state index contributed by atoms with van der Waals surface area (Å²) in [6.07, 6.45) is 0. The highest BCUT2D eigenvalue weighted by molar-refractivity contribution is 6.31. The first kappa shape index (κ1) is 12.1. The summed E-state index contributed by atoms with van der Waals surface area (Å²) in [5, 5.41) is 3.16. The Balaban J connectivity index is 2.47. The van der Waals surface area contributed by atoms with E-state index in [4.69, 9.17) is 11.6 Å². The third kappa shape index (κ3) is 2.48. The summed E-state index contributed by atoms with van der Waals surface area (Å²) >= 11 is 5.77. The van der Waals surface area contributed by atoms with Crippen LogP contribution in [0.2, 0.25) is 5.02 Å². The molecule has 0 atom stereocenters. The molecule has 5 heteroatoms. The summed E-state index contributed by atoms with van der Waals surface area (Å²) in [5.41, 5.74) is 2.58. The Morgan fingerprint density at radius 1 is 1.47 bits per heavy atom. The predicted molar refractivity (Wildman–Crippen MR) is 66.5 cm³/mol. The first-order chi connectivity index (χ1) is 8.11. The zero-order valence-electron chi connectivity index (χ0n) is 9.64. The molecular formula is C12H13ClFN3. The molecule has 0 aliphatic rings. The van der Waals surface area contributed by atoms with E-state index in [2.05, 4.69) is 15.3 Å². The summed E-state index contributed by atoms with van der Waals surface area (Å²) in [6, 6.07) is 4.62. The van der Waals surface area contributed by atoms with Crippen molar-refractivity contribution in [1.82, 2.24) is 15.3 Å². The number of benzene rings is 1. The molecule has 0 aliphatic carbocycles. The summed E-state index contributed by atoms with van der Waals surface area (Å²) in [7, 11) is 1.86. The monoisotopic (exact) mass is 253 g/mol. The van der Waals surface area contributed by atoms with Crippen LogP contribution in [0.3, 0.4) is 0 Å². The number of hydrogen-bond donors (Lipinski definition) is 2. The molecule has 0 fully saturated rings. The van der Waals surface area contributed by atoms with Gasteiger partial charge < -0.3 is 10.3 Å². The maximum Gasteiger partial charge on any atom is 0.141 e. The van der Waals surface area contributed by atoms with Crippen molar-refractivity contribution < 1.29 is 4.39 Å². The normalized spacial score (nSPS) is 10.8. The van der Waals surface area contributed by atoms with Crippen molar-refractivity contribution in [3.05, 3.63) is 40.6 Å². The number of nitrogens with zero attached hydrogens (tertiary/aromatic N) is 1. The highest BCUT2D eigenvalue weighted by atomic mass is 35.5. The van der Waals surface area contributed by atoms with E-state index in [1.165, 1.54) is 6.07 Å². The molecule has 0 unspecified atom stereocenters. The van der Waals surface area contributed by atoms with Crippen LogP contribution in [-0.2, 0) is 6.54 Å². The Morgan fingerprint density at radius 3 is 2.88 bits per heavy atom. The van der Waals surface area contributed by atoms with E-state index < -0.39 is 5.82 Å². The van der Waals surface area contributed by atoms with Crippen molar-refractivity contribution in [2.24, 2.45) is 0 Å². The van der Waals surface area contributed by atoms with Gasteiger partial charge in [0.05, 0.1) is 16.4 Å². The van der Waals surface area contributed by atoms with Crippen LogP contribution in [0.15, 0.2) is 18.2 Å². The molecule has 90 valence electrons. The molecule has 0 aliphatic heterocycles. The van der Waals surface area contributed by atoms with Crippen molar-refractivity contribution in [2.45, 2.75) is 13.5 Å². The van der Waals surface area contributed by atoms with Crippen LogP contribution in [0, 0.1) is 12.7 Å². The molecule has 0 spiro atoms. The minimum Gasteiger partial charge on any atom is -0.345 e. The number of rotatable bonds is 3. The molecule has 0 saturated heterocycles. The molecule has 0 bridgehead atoms. The number of aryl methyl sites for hydroxylation is 1. The van der Waals surface area contributed by atoms with Crippen molar-refractivity contribution in [2.75, 3.05) is 7.05 Å². The number of hydrogen-bond acceptors (Lipinski definition) is 2. The molecule has 0 amide bonds. The lowest BCUT2D eigenvalue weighted by atomic mass is 10.1. The molecular weight excluding hydrogens is 241 g/mol. The third-order valence-electron chi connectivity index (χ3n) is 2.44. The molecule has 1 aromatic heterocycles. The van der Waals surface area contributed by atoms with Gasteiger partial charge >= 0.3 is 0 Å². The first-order valence-electron chi connectivity index (χ1n) is 5.27. The van der Waals surface area contributed by atoms with Crippen LogP contribution in [0.25, 0.3) is 11.3 Å². The number of halogens is 2. The van der Waals surface area contributed by atoms with E-state index in [0.717, 1.165) is 22.8 Å². The molecule has 0 radical (unpaired) electrons. The molecule has 2 aromatic rings. The molecule has 2 N–H and O–H groups in total. The maximum absolute atomic E-state index is 13.1. The second kappa shape index (κ2) is 4.85. The second-order valence-corrected chi connectivity index (χ2v) is 4.22. The van der Waals surface area contributed by atoms with Crippen LogP contribution in [0.5, 0.6) is 0 Å². The lowest BCUT2D eigenvalue weighted by Gasteiger charge is -2.03. The van der Waals surface area contributed by atoms with Gasteiger partial charge in [-0.15, -0.1) is 0 Å². The molecule has 1 aromatic carbocycles. The highest BCUT2D eigenvalue weighted by Gasteiger charge is 2.11. The molecule has 3 nitrogen and oxygen atoms in total. The van der Waals surface area contributed by atoms with Gasteiger partial charge in [-0.3, -0.25) is 0 Å². The predicted octanol–water partition coefficient (Wildman–Crippen LogP) is 2.90. The minimum atomic E-state index is -0.419. The standard InChI is InChI=1S/C12H13ClFN3/c1-7-16-11(6-15-2)12(17-7)8-3-4-10(14)9(13)5-8/h3-5,15H,6H2,1-2H3,(H,16,17). The van der Waals surface area contributed by atoms with Crippen LogP contribution in [-0.4, -0.2) is 17.0 Å². The fraction of sp³-hybridized carbons (Fsp3) is 0.250. The van der Waals surface area contributed by atoms with Gasteiger partial charge in [-0.05, 0) is 32.2 Å². The van der Waals surface area contributed by atoms with E-state index in [1.54, 1.807) is 12.1 Å². The quantitative estimate of drug-likeness (QED) is 0.883. The third-order valence-corrected chi connectivity index (χ3v) is 2.73. The van der Waals surface area contributed by atoms with E-state index in [9.17, 15) is 4.39 Å². The zero-order chi connectivity index (χ0) is 12.4. The van der Waals surface area contributed by atoms with Gasteiger partial charge in [0.15, 0.2) is 0 Å². The maximum atomic E-state index is 13.1. The number of nitrogens with one attached hydrogen (secondary N) is 2. The Labute approximate surface area is 104 Å². The summed E-state index contributed by atoms with van der Waals surface area (Å²) in [6.45, 7) is 2.55. The Kier molecular flexibility index (Phi) is 3.45. The fourth-order valence-electron chi connectivity index (χ4n) is 1.73. The lowest BCUT2D eigenvalue weighted by Crippen LogP contribution is -2.06. The summed E-state index contributed by atoms with van der Waals surface area (Å²) in [4.78, 5) is 7.56. The first-order valence-corrected chi connectivity index (χ1v) is 5.65. The molecule has 0 saturated carbocycles. The zero-order valence-corrected chi connectivity index (χ0v) is 10.4. The van der Waals surface area contributed by atoms with Gasteiger partial charge in [-0.25, -0.2) is 9.37 Å². The van der Waals surface area contributed by atoms with Gasteiger partial charge in [0.1, 0.15) is 11.6 Å². The van der Waals surface area contributed by atoms with Gasteiger partial charge in [0.25, 0.3) is 0 Å². The summed E-state index contributed by atoms with van der Waals surface area (Å²) in [5.74, 6) is 0.406. The second-order valence-electron chi connectivity index (χ2n) is 3.81. The topological polar surface area (TPSA) is 40.7 Å². The van der Waals surface area contributed by atoms with Gasteiger partial charge in [-0.2, -0.15) is 0 Å². The molecule has 1 heterocycles. The fourth-order valence-corrected chi connectivity index (χ4v) is 1.91. The van der Waals surface area contributed by atoms with Crippen LogP contribution in [0.1, 0.15) is 11.5 Å². The Hall–Kier alpha value is -1.39. The van der Waals surface area contributed by atoms with Crippen LogP contribution >= 0.6 is 11.6 Å². The average Bonchev–Trinajstić information content (AvgIpc) is 2.64. The minimum absolute atomic E-state index is 0.110. The van der Waals surface area contributed by atoms with Crippen molar-refractivity contribution in [1.29, 1.82) is 0 Å². The molecule has 17 heavy (non-hydrogen) atoms. The Morgan fingerprint density at radius 2 is 2.24 bits per heavy atom. The number of aromatic nitrogens is 2. The van der Waals surface area contributed by atoms with Crippen LogP contribution in [0.4, 0.5) is 4.39 Å². The van der Waals surface area contributed by atoms with Gasteiger partial charge in [0, 0.05) is 12.1 Å².